The van der Waals surface area contributed by atoms with Crippen molar-refractivity contribution < 1.29 is 13.2 Å². The van der Waals surface area contributed by atoms with Crippen molar-refractivity contribution in [3.05, 3.63) is 0 Å². The average molecular weight is 235 g/mol. The lowest BCUT2D eigenvalue weighted by atomic mass is 10.2. The van der Waals surface area contributed by atoms with Crippen LogP contribution >= 0.6 is 0 Å². The van der Waals surface area contributed by atoms with Gasteiger partial charge in [0.05, 0.1) is 0 Å². The van der Waals surface area contributed by atoms with E-state index in [4.69, 9.17) is 0 Å². The molecule has 0 aromatic heterocycles. The molecule has 0 spiro atoms. The van der Waals surface area contributed by atoms with Gasteiger partial charge < -0.3 is 4.90 Å². The highest BCUT2D eigenvalue weighted by atomic mass is 32.2. The Kier molecular flexibility index (Phi) is 5.28. The summed E-state index contributed by atoms with van der Waals surface area (Å²) in [5.41, 5.74) is 0. The van der Waals surface area contributed by atoms with Crippen molar-refractivity contribution in [1.82, 2.24) is 4.90 Å². The molecule has 0 aromatic rings. The molecule has 0 N–H and O–H groups in total. The van der Waals surface area contributed by atoms with E-state index in [9.17, 15) is 13.2 Å². The number of hydrogen-bond acceptors (Lipinski definition) is 3. The standard InChI is InChI=1S/C10H21NO3S/c1-6-15(13,14)7-10(12)11(8(2)3)9(4)5/h8-9H,6-7H2,1-5H3. The molecule has 0 aromatic carbocycles. The van der Waals surface area contributed by atoms with Crippen LogP contribution in [0.2, 0.25) is 0 Å². The van der Waals surface area contributed by atoms with E-state index in [-0.39, 0.29) is 29.5 Å². The second kappa shape index (κ2) is 5.49. The second-order valence-electron chi connectivity index (χ2n) is 4.17. The van der Waals surface area contributed by atoms with Gasteiger partial charge in [-0.15, -0.1) is 0 Å². The molecule has 4 nitrogen and oxygen atoms in total. The van der Waals surface area contributed by atoms with Gasteiger partial charge in [-0.25, -0.2) is 8.42 Å². The summed E-state index contributed by atoms with van der Waals surface area (Å²) >= 11 is 0. The van der Waals surface area contributed by atoms with Crippen molar-refractivity contribution in [2.24, 2.45) is 0 Å². The van der Waals surface area contributed by atoms with Crippen LogP contribution < -0.4 is 0 Å². The number of hydrogen-bond donors (Lipinski definition) is 0. The minimum atomic E-state index is -3.22. The summed E-state index contributed by atoms with van der Waals surface area (Å²) < 4.78 is 22.6. The molecule has 0 saturated heterocycles. The first-order valence-electron chi connectivity index (χ1n) is 5.22. The van der Waals surface area contributed by atoms with Crippen LogP contribution in [0.3, 0.4) is 0 Å². The van der Waals surface area contributed by atoms with Crippen molar-refractivity contribution in [2.75, 3.05) is 11.5 Å². The van der Waals surface area contributed by atoms with E-state index >= 15 is 0 Å². The van der Waals surface area contributed by atoms with Crippen LogP contribution in [0.15, 0.2) is 0 Å². The van der Waals surface area contributed by atoms with Crippen molar-refractivity contribution >= 4 is 15.7 Å². The lowest BCUT2D eigenvalue weighted by Gasteiger charge is -2.30. The van der Waals surface area contributed by atoms with Crippen molar-refractivity contribution in [2.45, 2.75) is 46.7 Å². The first kappa shape index (κ1) is 14.4. The zero-order valence-electron chi connectivity index (χ0n) is 10.1. The van der Waals surface area contributed by atoms with E-state index < -0.39 is 9.84 Å². The molecule has 0 bridgehead atoms. The predicted octanol–water partition coefficient (Wildman–Crippen LogP) is 1.07. The molecule has 90 valence electrons. The third kappa shape index (κ3) is 4.64. The van der Waals surface area contributed by atoms with Gasteiger partial charge in [-0.2, -0.15) is 0 Å². The second-order valence-corrected chi connectivity index (χ2v) is 6.52. The molecule has 0 radical (unpaired) electrons. The monoisotopic (exact) mass is 235 g/mol. The third-order valence-electron chi connectivity index (χ3n) is 2.18. The van der Waals surface area contributed by atoms with E-state index in [0.29, 0.717) is 0 Å². The van der Waals surface area contributed by atoms with Gasteiger partial charge in [0, 0.05) is 17.8 Å². The molecule has 15 heavy (non-hydrogen) atoms. The summed E-state index contributed by atoms with van der Waals surface area (Å²) in [6.45, 7) is 9.09. The van der Waals surface area contributed by atoms with Crippen LogP contribution in [0.1, 0.15) is 34.6 Å². The zero-order valence-corrected chi connectivity index (χ0v) is 11.0. The summed E-state index contributed by atoms with van der Waals surface area (Å²) in [5, 5.41) is 0. The van der Waals surface area contributed by atoms with Crippen LogP contribution in [-0.2, 0) is 14.6 Å². The minimum absolute atomic E-state index is 0.0166. The average Bonchev–Trinajstić information content (AvgIpc) is 2.01. The van der Waals surface area contributed by atoms with Gasteiger partial charge in [0.15, 0.2) is 9.84 Å². The molecule has 1 amide bonds. The maximum atomic E-state index is 11.7. The molecule has 0 aliphatic carbocycles. The Morgan fingerprint density at radius 1 is 1.13 bits per heavy atom. The van der Waals surface area contributed by atoms with Crippen LogP contribution in [0, 0.1) is 0 Å². The molecule has 0 aliphatic heterocycles. The van der Waals surface area contributed by atoms with Crippen LogP contribution in [0.5, 0.6) is 0 Å². The highest BCUT2D eigenvalue weighted by molar-refractivity contribution is 7.92. The van der Waals surface area contributed by atoms with E-state index in [1.165, 1.54) is 0 Å². The highest BCUT2D eigenvalue weighted by Gasteiger charge is 2.24. The normalized spacial score (nSPS) is 12.2. The summed E-state index contributed by atoms with van der Waals surface area (Å²) in [7, 11) is -3.22. The Labute approximate surface area is 92.6 Å². The van der Waals surface area contributed by atoms with E-state index in [0.717, 1.165) is 0 Å². The van der Waals surface area contributed by atoms with Gasteiger partial charge in [-0.3, -0.25) is 4.79 Å². The van der Waals surface area contributed by atoms with E-state index in [1.807, 2.05) is 27.7 Å². The molecule has 0 rings (SSSR count). The van der Waals surface area contributed by atoms with Crippen molar-refractivity contribution in [1.29, 1.82) is 0 Å². The lowest BCUT2D eigenvalue weighted by Crippen LogP contribution is -2.45. The number of sulfone groups is 1. The number of carbonyl (C=O) groups excluding carboxylic acids is 1. The number of nitrogens with zero attached hydrogens (tertiary/aromatic N) is 1. The van der Waals surface area contributed by atoms with Crippen molar-refractivity contribution in [3.8, 4) is 0 Å². The number of rotatable bonds is 5. The molecular formula is C10H21NO3S. The molecular weight excluding hydrogens is 214 g/mol. The van der Waals surface area contributed by atoms with Gasteiger partial charge >= 0.3 is 0 Å². The minimum Gasteiger partial charge on any atom is -0.337 e. The SMILES string of the molecule is CCS(=O)(=O)CC(=O)N(C(C)C)C(C)C. The predicted molar refractivity (Wildman–Crippen MR) is 61.4 cm³/mol. The Balaban J connectivity index is 4.69. The molecule has 0 aliphatic rings. The topological polar surface area (TPSA) is 54.5 Å². The summed E-state index contributed by atoms with van der Waals surface area (Å²) in [4.78, 5) is 13.4. The molecule has 0 saturated carbocycles. The third-order valence-corrected chi connectivity index (χ3v) is 3.75. The maximum absolute atomic E-state index is 11.7. The molecule has 0 heterocycles. The van der Waals surface area contributed by atoms with Crippen LogP contribution in [0.4, 0.5) is 0 Å². The zero-order chi connectivity index (χ0) is 12.2. The summed E-state index contributed by atoms with van der Waals surface area (Å²) in [6.07, 6.45) is 0. The Hall–Kier alpha value is -0.580. The van der Waals surface area contributed by atoms with Crippen LogP contribution in [-0.4, -0.2) is 42.8 Å². The first-order chi connectivity index (χ1) is 6.71. The van der Waals surface area contributed by atoms with Gasteiger partial charge in [-0.05, 0) is 27.7 Å². The maximum Gasteiger partial charge on any atom is 0.238 e. The van der Waals surface area contributed by atoms with Crippen molar-refractivity contribution in [3.63, 3.8) is 0 Å². The van der Waals surface area contributed by atoms with E-state index in [2.05, 4.69) is 0 Å². The fraction of sp³-hybridized carbons (Fsp3) is 0.900. The van der Waals surface area contributed by atoms with Gasteiger partial charge in [-0.1, -0.05) is 6.92 Å². The van der Waals surface area contributed by atoms with Gasteiger partial charge in [0.25, 0.3) is 0 Å². The molecule has 0 fully saturated rings. The lowest BCUT2D eigenvalue weighted by molar-refractivity contribution is -0.131. The fourth-order valence-electron chi connectivity index (χ4n) is 1.54. The Bertz CT molecular complexity index is 299. The quantitative estimate of drug-likeness (QED) is 0.716. The van der Waals surface area contributed by atoms with Gasteiger partial charge in [0.2, 0.25) is 5.91 Å². The summed E-state index contributed by atoms with van der Waals surface area (Å²) in [5.74, 6) is -0.662. The largest absolute Gasteiger partial charge is 0.337 e. The highest BCUT2D eigenvalue weighted by Crippen LogP contribution is 2.07. The number of amides is 1. The summed E-state index contributed by atoms with van der Waals surface area (Å²) in [6, 6.07) is 0.0640. The van der Waals surface area contributed by atoms with Crippen LogP contribution in [0.25, 0.3) is 0 Å². The Morgan fingerprint density at radius 3 is 1.80 bits per heavy atom. The van der Waals surface area contributed by atoms with E-state index in [1.54, 1.807) is 11.8 Å². The Morgan fingerprint density at radius 2 is 1.53 bits per heavy atom. The fourth-order valence-corrected chi connectivity index (χ4v) is 2.27. The molecule has 5 heteroatoms. The molecule has 0 atom stereocenters. The van der Waals surface area contributed by atoms with Gasteiger partial charge in [0.1, 0.15) is 5.75 Å². The molecule has 0 unspecified atom stereocenters. The smallest absolute Gasteiger partial charge is 0.238 e. The first-order valence-corrected chi connectivity index (χ1v) is 7.05. The number of carbonyl (C=O) groups is 1.